The molecule has 1 aliphatic rings. The van der Waals surface area contributed by atoms with Crippen molar-refractivity contribution in [3.63, 3.8) is 0 Å². The van der Waals surface area contributed by atoms with E-state index in [1.54, 1.807) is 0 Å². The van der Waals surface area contributed by atoms with Gasteiger partial charge in [-0.2, -0.15) is 5.10 Å². The average Bonchev–Trinajstić information content (AvgIpc) is 3.57. The second kappa shape index (κ2) is 8.13. The lowest BCUT2D eigenvalue weighted by Gasteiger charge is -2.10. The van der Waals surface area contributed by atoms with Crippen molar-refractivity contribution in [1.29, 1.82) is 0 Å². The summed E-state index contributed by atoms with van der Waals surface area (Å²) in [6.07, 6.45) is 8.62. The van der Waals surface area contributed by atoms with Crippen LogP contribution in [0.25, 0.3) is 50.2 Å². The molecule has 1 aromatic carbocycles. The Morgan fingerprint density at radius 3 is 2.76 bits per heavy atom. The van der Waals surface area contributed by atoms with E-state index in [4.69, 9.17) is 4.98 Å². The fraction of sp³-hybridized carbons (Fsp3) is 0.200. The third kappa shape index (κ3) is 3.71. The van der Waals surface area contributed by atoms with Gasteiger partial charge in [0, 0.05) is 47.4 Å². The second-order valence-electron chi connectivity index (χ2n) is 8.58. The summed E-state index contributed by atoms with van der Waals surface area (Å²) in [6.45, 7) is 0.852. The average molecular weight is 454 g/mol. The molecule has 0 radical (unpaired) electrons. The lowest BCUT2D eigenvalue weighted by molar-refractivity contribution is 0.402. The van der Waals surface area contributed by atoms with Gasteiger partial charge in [-0.1, -0.05) is 6.07 Å². The Bertz CT molecular complexity index is 1510. The summed E-state index contributed by atoms with van der Waals surface area (Å²) in [6, 6.07) is 8.52. The third-order valence-corrected chi connectivity index (χ3v) is 6.76. The standard InChI is InChI=1S/C25H23N7S/c1-32(2)13-15-7-18(10-26-9-15)16-3-4-21-19(8-16)24(31-30-21)25-28-22-12-27-11-20(23(22)29-25)17-5-6-33-14-17/h3-4,7-12,14H,5-6,13H2,1-2H3,(H,28,29)(H,30,31). The van der Waals surface area contributed by atoms with Crippen LogP contribution in [0.1, 0.15) is 17.5 Å². The van der Waals surface area contributed by atoms with Gasteiger partial charge < -0.3 is 9.88 Å². The number of nitrogens with zero attached hydrogens (tertiary/aromatic N) is 5. The number of allylic oxidation sites excluding steroid dienone is 1. The number of aromatic nitrogens is 6. The molecule has 4 aromatic heterocycles. The zero-order valence-corrected chi connectivity index (χ0v) is 19.3. The third-order valence-electron chi connectivity index (χ3n) is 5.87. The van der Waals surface area contributed by atoms with Gasteiger partial charge in [-0.25, -0.2) is 4.98 Å². The minimum atomic E-state index is 0.744. The lowest BCUT2D eigenvalue weighted by Crippen LogP contribution is -2.10. The van der Waals surface area contributed by atoms with Crippen molar-refractivity contribution in [2.24, 2.45) is 0 Å². The number of thioether (sulfide) groups is 1. The van der Waals surface area contributed by atoms with Crippen molar-refractivity contribution < 1.29 is 0 Å². The molecule has 164 valence electrons. The van der Waals surface area contributed by atoms with E-state index in [0.29, 0.717) is 0 Å². The van der Waals surface area contributed by atoms with Gasteiger partial charge in [-0.3, -0.25) is 15.1 Å². The van der Waals surface area contributed by atoms with Crippen LogP contribution in [0.3, 0.4) is 0 Å². The number of imidazole rings is 1. The maximum Gasteiger partial charge on any atom is 0.159 e. The molecule has 0 saturated carbocycles. The van der Waals surface area contributed by atoms with E-state index in [2.05, 4.69) is 73.8 Å². The minimum absolute atomic E-state index is 0.744. The number of hydrogen-bond donors (Lipinski definition) is 2. The Kier molecular flexibility index (Phi) is 4.96. The van der Waals surface area contributed by atoms with Gasteiger partial charge in [-0.15, -0.1) is 11.8 Å². The summed E-state index contributed by atoms with van der Waals surface area (Å²) in [5.41, 5.74) is 9.42. The molecule has 5 heterocycles. The molecule has 0 unspecified atom stereocenters. The summed E-state index contributed by atoms with van der Waals surface area (Å²) in [5.74, 6) is 1.86. The van der Waals surface area contributed by atoms with Crippen molar-refractivity contribution in [1.82, 2.24) is 35.0 Å². The number of benzene rings is 1. The molecule has 5 aromatic rings. The molecule has 8 heteroatoms. The number of aromatic amines is 2. The lowest BCUT2D eigenvalue weighted by atomic mass is 10.0. The molecule has 6 rings (SSSR count). The van der Waals surface area contributed by atoms with E-state index >= 15 is 0 Å². The summed E-state index contributed by atoms with van der Waals surface area (Å²) >= 11 is 1.84. The van der Waals surface area contributed by atoms with Crippen LogP contribution in [0.5, 0.6) is 0 Å². The monoisotopic (exact) mass is 453 g/mol. The molecule has 0 saturated heterocycles. The molecule has 33 heavy (non-hydrogen) atoms. The van der Waals surface area contributed by atoms with E-state index < -0.39 is 0 Å². The van der Waals surface area contributed by atoms with Crippen LogP contribution in [-0.2, 0) is 6.54 Å². The largest absolute Gasteiger partial charge is 0.335 e. The Balaban J connectivity index is 1.44. The first-order valence-electron chi connectivity index (χ1n) is 10.9. The van der Waals surface area contributed by atoms with E-state index in [1.165, 1.54) is 11.1 Å². The van der Waals surface area contributed by atoms with Crippen molar-refractivity contribution in [2.45, 2.75) is 13.0 Å². The Labute approximate surface area is 195 Å². The highest BCUT2D eigenvalue weighted by molar-refractivity contribution is 8.02. The summed E-state index contributed by atoms with van der Waals surface area (Å²) in [5, 5.41) is 11.0. The first kappa shape index (κ1) is 20.1. The minimum Gasteiger partial charge on any atom is -0.335 e. The van der Waals surface area contributed by atoms with Crippen LogP contribution in [-0.4, -0.2) is 54.9 Å². The maximum absolute atomic E-state index is 4.95. The Hall–Kier alpha value is -3.49. The molecular weight excluding hydrogens is 430 g/mol. The van der Waals surface area contributed by atoms with Crippen molar-refractivity contribution in [2.75, 3.05) is 19.8 Å². The Morgan fingerprint density at radius 2 is 1.91 bits per heavy atom. The molecule has 1 aliphatic heterocycles. The van der Waals surface area contributed by atoms with Crippen molar-refractivity contribution >= 4 is 39.3 Å². The number of nitrogens with one attached hydrogen (secondary N) is 2. The van der Waals surface area contributed by atoms with Gasteiger partial charge in [0.25, 0.3) is 0 Å². The molecule has 0 fully saturated rings. The van der Waals surface area contributed by atoms with Crippen LogP contribution in [0.4, 0.5) is 0 Å². The zero-order chi connectivity index (χ0) is 22.4. The van der Waals surface area contributed by atoms with Crippen LogP contribution in [0.2, 0.25) is 0 Å². The highest BCUT2D eigenvalue weighted by Gasteiger charge is 2.18. The SMILES string of the molecule is CN(C)Cc1cncc(-c2ccc3[nH]nc(-c4nc5c(C6=CSCC6)cncc5[nH]4)c3c2)c1. The van der Waals surface area contributed by atoms with E-state index in [1.807, 2.05) is 36.5 Å². The van der Waals surface area contributed by atoms with Crippen LogP contribution in [0.15, 0.2) is 54.5 Å². The predicted octanol–water partition coefficient (Wildman–Crippen LogP) is 5.10. The van der Waals surface area contributed by atoms with Gasteiger partial charge in [0.15, 0.2) is 5.82 Å². The number of H-pyrrole nitrogens is 2. The van der Waals surface area contributed by atoms with E-state index in [0.717, 1.165) is 68.9 Å². The van der Waals surface area contributed by atoms with Gasteiger partial charge in [-0.05, 0) is 60.8 Å². The maximum atomic E-state index is 4.95. The van der Waals surface area contributed by atoms with E-state index in [-0.39, 0.29) is 0 Å². The quantitative estimate of drug-likeness (QED) is 0.385. The van der Waals surface area contributed by atoms with Crippen molar-refractivity contribution in [3.8, 4) is 22.6 Å². The van der Waals surface area contributed by atoms with Crippen molar-refractivity contribution in [3.05, 3.63) is 65.6 Å². The van der Waals surface area contributed by atoms with Crippen LogP contribution < -0.4 is 0 Å². The summed E-state index contributed by atoms with van der Waals surface area (Å²) in [4.78, 5) is 19.4. The van der Waals surface area contributed by atoms with Crippen LogP contribution >= 0.6 is 11.8 Å². The smallest absolute Gasteiger partial charge is 0.159 e. The van der Waals surface area contributed by atoms with Gasteiger partial charge in [0.2, 0.25) is 0 Å². The molecule has 0 spiro atoms. The molecule has 7 nitrogen and oxygen atoms in total. The molecule has 0 aliphatic carbocycles. The highest BCUT2D eigenvalue weighted by atomic mass is 32.2. The Morgan fingerprint density at radius 1 is 1.00 bits per heavy atom. The van der Waals surface area contributed by atoms with E-state index in [9.17, 15) is 0 Å². The molecule has 0 amide bonds. The molecule has 2 N–H and O–H groups in total. The zero-order valence-electron chi connectivity index (χ0n) is 18.5. The second-order valence-corrected chi connectivity index (χ2v) is 9.56. The normalized spacial score (nSPS) is 14.0. The number of pyridine rings is 2. The molecule has 0 atom stereocenters. The van der Waals surface area contributed by atoms with Crippen LogP contribution in [0, 0.1) is 0 Å². The fourth-order valence-corrected chi connectivity index (χ4v) is 5.24. The predicted molar refractivity (Wildman–Crippen MR) is 135 cm³/mol. The first-order chi connectivity index (χ1) is 16.2. The number of rotatable bonds is 5. The summed E-state index contributed by atoms with van der Waals surface area (Å²) in [7, 11) is 4.12. The summed E-state index contributed by atoms with van der Waals surface area (Å²) < 4.78 is 0. The van der Waals surface area contributed by atoms with Gasteiger partial charge in [0.05, 0.1) is 22.7 Å². The van der Waals surface area contributed by atoms with Gasteiger partial charge in [0.1, 0.15) is 5.69 Å². The van der Waals surface area contributed by atoms with Gasteiger partial charge >= 0.3 is 0 Å². The molecule has 0 bridgehead atoms. The fourth-order valence-electron chi connectivity index (χ4n) is 4.34. The molecular formula is C25H23N7S. The highest BCUT2D eigenvalue weighted by Crippen LogP contribution is 2.35. The first-order valence-corrected chi connectivity index (χ1v) is 11.9. The number of fused-ring (bicyclic) bond motifs is 2. The number of hydrogen-bond acceptors (Lipinski definition) is 6. The topological polar surface area (TPSA) is 86.4 Å².